The number of carbonyl (C=O) groups excluding carboxylic acids is 2. The molecule has 0 N–H and O–H groups in total. The molecule has 0 aliphatic carbocycles. The first-order valence-electron chi connectivity index (χ1n) is 7.85. The van der Waals surface area contributed by atoms with Crippen LogP contribution < -0.4 is 0 Å². The first-order chi connectivity index (χ1) is 10.5. The van der Waals surface area contributed by atoms with Crippen LogP contribution in [-0.2, 0) is 15.9 Å². The Balaban J connectivity index is 2.21. The second-order valence-corrected chi connectivity index (χ2v) is 7.35. The van der Waals surface area contributed by atoms with E-state index in [4.69, 9.17) is 9.47 Å². The third-order valence-corrected chi connectivity index (χ3v) is 3.78. The van der Waals surface area contributed by atoms with E-state index in [2.05, 4.69) is 0 Å². The Morgan fingerprint density at radius 2 is 2.04 bits per heavy atom. The van der Waals surface area contributed by atoms with Crippen LogP contribution in [0.1, 0.15) is 52.0 Å². The predicted molar refractivity (Wildman–Crippen MR) is 86.3 cm³/mol. The molecule has 1 aliphatic rings. The van der Waals surface area contributed by atoms with Crippen molar-refractivity contribution >= 4 is 12.0 Å². The third kappa shape index (κ3) is 3.93. The molecule has 0 unspecified atom stereocenters. The molecule has 6 heteroatoms. The molecule has 1 fully saturated rings. The van der Waals surface area contributed by atoms with E-state index in [1.165, 1.54) is 6.92 Å². The number of rotatable bonds is 2. The summed E-state index contributed by atoms with van der Waals surface area (Å²) in [4.78, 5) is 25.9. The van der Waals surface area contributed by atoms with Gasteiger partial charge in [-0.3, -0.25) is 14.3 Å². The first kappa shape index (κ1) is 17.5. The molecule has 0 radical (unpaired) electrons. The molecule has 1 saturated heterocycles. The van der Waals surface area contributed by atoms with Gasteiger partial charge in [-0.15, -0.1) is 0 Å². The lowest BCUT2D eigenvalue weighted by atomic mass is 10.1. The molecule has 6 nitrogen and oxygen atoms in total. The number of hydrogen-bond acceptors (Lipinski definition) is 4. The Hall–Kier alpha value is -1.82. The molecular formula is C17H26N2O4. The summed E-state index contributed by atoms with van der Waals surface area (Å²) in [6.07, 6.45) is 1.87. The lowest BCUT2D eigenvalue weighted by Gasteiger charge is -2.35. The zero-order valence-electron chi connectivity index (χ0n) is 14.8. The molecule has 2 heterocycles. The molecule has 1 aromatic rings. The molecule has 0 spiro atoms. The molecule has 1 aliphatic heterocycles. The molecule has 0 bridgehead atoms. The van der Waals surface area contributed by atoms with Gasteiger partial charge in [-0.05, 0) is 46.8 Å². The van der Waals surface area contributed by atoms with Gasteiger partial charge in [-0.2, -0.15) is 0 Å². The first-order valence-corrected chi connectivity index (χ1v) is 7.85. The summed E-state index contributed by atoms with van der Waals surface area (Å²) in [5, 5.41) is 0. The van der Waals surface area contributed by atoms with Crippen LogP contribution in [0.15, 0.2) is 18.3 Å². The second-order valence-electron chi connectivity index (χ2n) is 7.35. The van der Waals surface area contributed by atoms with Gasteiger partial charge in [0.25, 0.3) is 0 Å². The zero-order chi connectivity index (χ0) is 17.4. The van der Waals surface area contributed by atoms with Crippen molar-refractivity contribution in [3.63, 3.8) is 0 Å². The molecule has 0 aromatic carbocycles. The highest BCUT2D eigenvalue weighted by Crippen LogP contribution is 2.31. The maximum absolute atomic E-state index is 12.6. The molecule has 23 heavy (non-hydrogen) atoms. The van der Waals surface area contributed by atoms with Gasteiger partial charge in [0.1, 0.15) is 11.3 Å². The summed E-state index contributed by atoms with van der Waals surface area (Å²) in [5.41, 5.74) is -0.446. The summed E-state index contributed by atoms with van der Waals surface area (Å²) in [6, 6.07) is 3.54. The molecular weight excluding hydrogens is 296 g/mol. The van der Waals surface area contributed by atoms with Crippen molar-refractivity contribution in [3.05, 3.63) is 24.0 Å². The van der Waals surface area contributed by atoms with E-state index in [-0.39, 0.29) is 11.9 Å². The van der Waals surface area contributed by atoms with Gasteiger partial charge in [0.2, 0.25) is 5.91 Å². The van der Waals surface area contributed by atoms with Crippen LogP contribution in [0.3, 0.4) is 0 Å². The van der Waals surface area contributed by atoms with Gasteiger partial charge in [-0.25, -0.2) is 4.79 Å². The van der Waals surface area contributed by atoms with Gasteiger partial charge in [-0.1, -0.05) is 0 Å². The third-order valence-electron chi connectivity index (χ3n) is 3.78. The van der Waals surface area contributed by atoms with Crippen LogP contribution in [0.4, 0.5) is 4.79 Å². The number of aromatic nitrogens is 1. The van der Waals surface area contributed by atoms with Crippen molar-refractivity contribution in [2.24, 2.45) is 0 Å². The maximum Gasteiger partial charge on any atom is 0.412 e. The number of amides is 1. The fraction of sp³-hybridized carbons (Fsp3) is 0.647. The second kappa shape index (κ2) is 6.00. The average molecular weight is 322 g/mol. The summed E-state index contributed by atoms with van der Waals surface area (Å²) in [7, 11) is 0. The average Bonchev–Trinajstić information content (AvgIpc) is 2.92. The van der Waals surface area contributed by atoms with E-state index in [0.29, 0.717) is 13.0 Å². The summed E-state index contributed by atoms with van der Waals surface area (Å²) >= 11 is 0. The Morgan fingerprint density at radius 3 is 2.61 bits per heavy atom. The van der Waals surface area contributed by atoms with Crippen LogP contribution in [0, 0.1) is 0 Å². The van der Waals surface area contributed by atoms with Gasteiger partial charge >= 0.3 is 6.09 Å². The highest BCUT2D eigenvalue weighted by molar-refractivity contribution is 5.77. The summed E-state index contributed by atoms with van der Waals surface area (Å²) in [6.45, 7) is 11.1. The molecule has 0 saturated carbocycles. The monoisotopic (exact) mass is 322 g/mol. The number of ether oxygens (including phenoxy) is 2. The Morgan fingerprint density at radius 1 is 1.39 bits per heavy atom. The molecule has 1 amide bonds. The minimum Gasteiger partial charge on any atom is -0.444 e. The predicted octanol–water partition coefficient (Wildman–Crippen LogP) is 3.06. The van der Waals surface area contributed by atoms with E-state index < -0.39 is 17.4 Å². The molecule has 2 rings (SSSR count). The summed E-state index contributed by atoms with van der Waals surface area (Å²) in [5.74, 6) is -0.0491. The molecule has 128 valence electrons. The largest absolute Gasteiger partial charge is 0.444 e. The lowest BCUT2D eigenvalue weighted by Crippen LogP contribution is -2.50. The number of carbonyl (C=O) groups is 2. The SMILES string of the molecule is CC(=O)n1cccc1C[C@@H]1COC(C)(C)N1C(=O)OC(C)(C)C. The maximum atomic E-state index is 12.6. The standard InChI is InChI=1S/C17H26N2O4/c1-12(20)18-9-7-8-13(18)10-14-11-22-17(5,6)19(14)15(21)23-16(2,3)4/h7-9,14H,10-11H2,1-6H3/t14-/m1/s1. The van der Waals surface area contributed by atoms with Crippen molar-refractivity contribution in [2.45, 2.75) is 65.3 Å². The van der Waals surface area contributed by atoms with Crippen LogP contribution in [-0.4, -0.2) is 45.4 Å². The van der Waals surface area contributed by atoms with E-state index in [9.17, 15) is 9.59 Å². The fourth-order valence-corrected chi connectivity index (χ4v) is 2.85. The Kier molecular flexibility index (Phi) is 4.57. The van der Waals surface area contributed by atoms with E-state index in [1.54, 1.807) is 15.7 Å². The smallest absolute Gasteiger partial charge is 0.412 e. The van der Waals surface area contributed by atoms with Crippen LogP contribution >= 0.6 is 0 Å². The topological polar surface area (TPSA) is 60.8 Å². The van der Waals surface area contributed by atoms with E-state index >= 15 is 0 Å². The highest BCUT2D eigenvalue weighted by Gasteiger charge is 2.45. The summed E-state index contributed by atoms with van der Waals surface area (Å²) < 4.78 is 12.9. The Bertz CT molecular complexity index is 598. The van der Waals surface area contributed by atoms with Gasteiger partial charge < -0.3 is 9.47 Å². The van der Waals surface area contributed by atoms with Crippen LogP contribution in [0.2, 0.25) is 0 Å². The number of nitrogens with zero attached hydrogens (tertiary/aromatic N) is 2. The lowest BCUT2D eigenvalue weighted by molar-refractivity contribution is -0.0624. The Labute approximate surface area is 137 Å². The number of hydrogen-bond donors (Lipinski definition) is 0. The fourth-order valence-electron chi connectivity index (χ4n) is 2.85. The molecule has 1 atom stereocenters. The van der Waals surface area contributed by atoms with Crippen molar-refractivity contribution in [1.29, 1.82) is 0 Å². The van der Waals surface area contributed by atoms with Crippen molar-refractivity contribution in [1.82, 2.24) is 9.47 Å². The minimum atomic E-state index is -0.735. The van der Waals surface area contributed by atoms with Crippen molar-refractivity contribution < 1.29 is 19.1 Å². The molecule has 1 aromatic heterocycles. The van der Waals surface area contributed by atoms with E-state index in [1.807, 2.05) is 46.8 Å². The highest BCUT2D eigenvalue weighted by atomic mass is 16.6. The zero-order valence-corrected chi connectivity index (χ0v) is 14.8. The van der Waals surface area contributed by atoms with Gasteiger partial charge in [0.15, 0.2) is 0 Å². The normalized spacial score (nSPS) is 20.6. The van der Waals surface area contributed by atoms with Gasteiger partial charge in [0.05, 0.1) is 12.6 Å². The quantitative estimate of drug-likeness (QED) is 0.839. The van der Waals surface area contributed by atoms with Crippen LogP contribution in [0.5, 0.6) is 0 Å². The van der Waals surface area contributed by atoms with Gasteiger partial charge in [0, 0.05) is 25.2 Å². The van der Waals surface area contributed by atoms with Crippen molar-refractivity contribution in [3.8, 4) is 0 Å². The van der Waals surface area contributed by atoms with E-state index in [0.717, 1.165) is 5.69 Å². The minimum absolute atomic E-state index is 0.0491. The van der Waals surface area contributed by atoms with Crippen LogP contribution in [0.25, 0.3) is 0 Å². The van der Waals surface area contributed by atoms with Crippen molar-refractivity contribution in [2.75, 3.05) is 6.61 Å².